The van der Waals surface area contributed by atoms with Crippen molar-refractivity contribution in [1.82, 2.24) is 5.32 Å². The zero-order valence-electron chi connectivity index (χ0n) is 7.99. The quantitative estimate of drug-likeness (QED) is 0.716. The summed E-state index contributed by atoms with van der Waals surface area (Å²) in [5, 5.41) is 3.43. The van der Waals surface area contributed by atoms with Crippen molar-refractivity contribution < 1.29 is 9.15 Å². The van der Waals surface area contributed by atoms with Gasteiger partial charge in [0.15, 0.2) is 0 Å². The van der Waals surface area contributed by atoms with Crippen LogP contribution in [0.15, 0.2) is 22.8 Å². The molecule has 2 rings (SSSR count). The Morgan fingerprint density at radius 1 is 1.46 bits per heavy atom. The molecule has 0 aliphatic carbocycles. The van der Waals surface area contributed by atoms with E-state index >= 15 is 0 Å². The van der Waals surface area contributed by atoms with Crippen LogP contribution in [0.5, 0.6) is 0 Å². The average molecular weight is 181 g/mol. The largest absolute Gasteiger partial charge is 0.467 e. The second-order valence-electron chi connectivity index (χ2n) is 3.63. The van der Waals surface area contributed by atoms with Crippen molar-refractivity contribution in [3.63, 3.8) is 0 Å². The van der Waals surface area contributed by atoms with Gasteiger partial charge in [-0.2, -0.15) is 0 Å². The number of hydrogen-bond donors (Lipinski definition) is 1. The van der Waals surface area contributed by atoms with E-state index < -0.39 is 0 Å². The lowest BCUT2D eigenvalue weighted by Crippen LogP contribution is -2.47. The minimum absolute atomic E-state index is 0.0613. The molecule has 3 atom stereocenters. The van der Waals surface area contributed by atoms with E-state index in [1.807, 2.05) is 12.1 Å². The summed E-state index contributed by atoms with van der Waals surface area (Å²) in [6.07, 6.45) is 1.75. The molecule has 1 aromatic heterocycles. The topological polar surface area (TPSA) is 34.4 Å². The zero-order valence-corrected chi connectivity index (χ0v) is 7.99. The first-order valence-electron chi connectivity index (χ1n) is 4.68. The standard InChI is InChI=1S/C10H15NO2/c1-7-6-13-10(8(2)11-7)9-4-3-5-12-9/h3-5,7-8,10-11H,6H2,1-2H3. The molecule has 13 heavy (non-hydrogen) atoms. The van der Waals surface area contributed by atoms with Gasteiger partial charge >= 0.3 is 0 Å². The van der Waals surface area contributed by atoms with Crippen LogP contribution >= 0.6 is 0 Å². The highest BCUT2D eigenvalue weighted by molar-refractivity contribution is 5.06. The summed E-state index contributed by atoms with van der Waals surface area (Å²) in [4.78, 5) is 0. The van der Waals surface area contributed by atoms with Crippen molar-refractivity contribution in [3.05, 3.63) is 24.2 Å². The Hall–Kier alpha value is -0.800. The molecule has 72 valence electrons. The lowest BCUT2D eigenvalue weighted by Gasteiger charge is -2.32. The molecule has 1 saturated heterocycles. The molecule has 3 heteroatoms. The Morgan fingerprint density at radius 2 is 2.31 bits per heavy atom. The summed E-state index contributed by atoms with van der Waals surface area (Å²) in [6, 6.07) is 4.60. The van der Waals surface area contributed by atoms with E-state index in [1.54, 1.807) is 6.26 Å². The maximum Gasteiger partial charge on any atom is 0.134 e. The lowest BCUT2D eigenvalue weighted by molar-refractivity contribution is -0.0319. The van der Waals surface area contributed by atoms with Crippen molar-refractivity contribution in [2.75, 3.05) is 6.61 Å². The van der Waals surface area contributed by atoms with Gasteiger partial charge < -0.3 is 14.5 Å². The van der Waals surface area contributed by atoms with Gasteiger partial charge in [0.05, 0.1) is 12.9 Å². The zero-order chi connectivity index (χ0) is 9.26. The molecule has 3 nitrogen and oxygen atoms in total. The first-order chi connectivity index (χ1) is 6.27. The van der Waals surface area contributed by atoms with Gasteiger partial charge in [0.1, 0.15) is 11.9 Å². The molecule has 1 aliphatic heterocycles. The molecule has 0 radical (unpaired) electrons. The number of ether oxygens (including phenoxy) is 1. The SMILES string of the molecule is CC1COC(c2ccco2)C(C)N1. The first kappa shape index (κ1) is 8.78. The normalized spacial score (nSPS) is 34.8. The number of rotatable bonds is 1. The number of furan rings is 1. The van der Waals surface area contributed by atoms with Crippen molar-refractivity contribution in [2.24, 2.45) is 0 Å². The third-order valence-electron chi connectivity index (χ3n) is 2.35. The van der Waals surface area contributed by atoms with Gasteiger partial charge in [0, 0.05) is 12.1 Å². The van der Waals surface area contributed by atoms with E-state index in [9.17, 15) is 0 Å². The Labute approximate surface area is 78.1 Å². The van der Waals surface area contributed by atoms with Crippen LogP contribution in [0, 0.1) is 0 Å². The van der Waals surface area contributed by atoms with E-state index in [0.717, 1.165) is 12.4 Å². The fraction of sp³-hybridized carbons (Fsp3) is 0.600. The van der Waals surface area contributed by atoms with Gasteiger partial charge in [-0.3, -0.25) is 0 Å². The fourth-order valence-corrected chi connectivity index (χ4v) is 1.76. The van der Waals surface area contributed by atoms with Crippen molar-refractivity contribution >= 4 is 0 Å². The van der Waals surface area contributed by atoms with Crippen LogP contribution < -0.4 is 5.32 Å². The van der Waals surface area contributed by atoms with E-state index in [4.69, 9.17) is 9.15 Å². The van der Waals surface area contributed by atoms with Crippen LogP contribution in [0.2, 0.25) is 0 Å². The molecule has 1 N–H and O–H groups in total. The molecule has 2 heterocycles. The van der Waals surface area contributed by atoms with Gasteiger partial charge in [-0.1, -0.05) is 0 Å². The summed E-state index contributed by atoms with van der Waals surface area (Å²) >= 11 is 0. The van der Waals surface area contributed by atoms with Gasteiger partial charge in [0.2, 0.25) is 0 Å². The second kappa shape index (κ2) is 3.52. The third kappa shape index (κ3) is 1.76. The average Bonchev–Trinajstić information content (AvgIpc) is 2.56. The highest BCUT2D eigenvalue weighted by atomic mass is 16.5. The monoisotopic (exact) mass is 181 g/mol. The Morgan fingerprint density at radius 3 is 2.92 bits per heavy atom. The molecule has 1 aromatic rings. The molecule has 0 aromatic carbocycles. The minimum atomic E-state index is 0.0613. The number of morpholine rings is 1. The predicted molar refractivity (Wildman–Crippen MR) is 49.5 cm³/mol. The van der Waals surface area contributed by atoms with Gasteiger partial charge in [-0.15, -0.1) is 0 Å². The summed E-state index contributed by atoms with van der Waals surface area (Å²) in [6.45, 7) is 4.98. The van der Waals surface area contributed by atoms with Crippen molar-refractivity contribution in [3.8, 4) is 0 Å². The smallest absolute Gasteiger partial charge is 0.134 e. The predicted octanol–water partition coefficient (Wildman–Crippen LogP) is 1.72. The summed E-state index contributed by atoms with van der Waals surface area (Å²) in [5.41, 5.74) is 0. The van der Waals surface area contributed by atoms with Crippen LogP contribution in [0.4, 0.5) is 0 Å². The van der Waals surface area contributed by atoms with Crippen molar-refractivity contribution in [2.45, 2.75) is 32.0 Å². The van der Waals surface area contributed by atoms with E-state index in [0.29, 0.717) is 12.1 Å². The molecular formula is C10H15NO2. The third-order valence-corrected chi connectivity index (χ3v) is 2.35. The Bertz CT molecular complexity index is 258. The summed E-state index contributed by atoms with van der Waals surface area (Å²) in [7, 11) is 0. The summed E-state index contributed by atoms with van der Waals surface area (Å²) < 4.78 is 11.0. The fourth-order valence-electron chi connectivity index (χ4n) is 1.76. The van der Waals surface area contributed by atoms with E-state index in [1.165, 1.54) is 0 Å². The summed E-state index contributed by atoms with van der Waals surface area (Å²) in [5.74, 6) is 0.909. The van der Waals surface area contributed by atoms with Crippen molar-refractivity contribution in [1.29, 1.82) is 0 Å². The number of hydrogen-bond acceptors (Lipinski definition) is 3. The molecule has 1 fully saturated rings. The van der Waals surface area contributed by atoms with Gasteiger partial charge in [-0.25, -0.2) is 0 Å². The van der Waals surface area contributed by atoms with Gasteiger partial charge in [-0.05, 0) is 26.0 Å². The highest BCUT2D eigenvalue weighted by Crippen LogP contribution is 2.24. The second-order valence-corrected chi connectivity index (χ2v) is 3.63. The van der Waals surface area contributed by atoms with Crippen LogP contribution in [0.25, 0.3) is 0 Å². The van der Waals surface area contributed by atoms with Crippen LogP contribution in [-0.4, -0.2) is 18.7 Å². The minimum Gasteiger partial charge on any atom is -0.467 e. The van der Waals surface area contributed by atoms with Gasteiger partial charge in [0.25, 0.3) is 0 Å². The molecule has 3 unspecified atom stereocenters. The van der Waals surface area contributed by atoms with Crippen LogP contribution in [-0.2, 0) is 4.74 Å². The molecule has 0 bridgehead atoms. The maximum absolute atomic E-state index is 5.69. The first-order valence-corrected chi connectivity index (χ1v) is 4.68. The molecule has 0 amide bonds. The highest BCUT2D eigenvalue weighted by Gasteiger charge is 2.28. The lowest BCUT2D eigenvalue weighted by atomic mass is 10.1. The number of nitrogens with one attached hydrogen (secondary N) is 1. The maximum atomic E-state index is 5.69. The Kier molecular flexibility index (Phi) is 2.38. The molecule has 1 aliphatic rings. The Balaban J connectivity index is 2.08. The van der Waals surface area contributed by atoms with Crippen LogP contribution in [0.1, 0.15) is 25.7 Å². The molecule has 0 saturated carbocycles. The molecular weight excluding hydrogens is 166 g/mol. The molecule has 0 spiro atoms. The van der Waals surface area contributed by atoms with Crippen LogP contribution in [0.3, 0.4) is 0 Å². The van der Waals surface area contributed by atoms with E-state index in [-0.39, 0.29) is 6.10 Å². The van der Waals surface area contributed by atoms with E-state index in [2.05, 4.69) is 19.2 Å².